The maximum absolute atomic E-state index is 13.9. The van der Waals surface area contributed by atoms with E-state index in [0.717, 1.165) is 22.6 Å². The lowest BCUT2D eigenvalue weighted by atomic mass is 10.1. The molecule has 9 heteroatoms. The number of halogens is 1. The fourth-order valence-corrected chi connectivity index (χ4v) is 4.43. The summed E-state index contributed by atoms with van der Waals surface area (Å²) in [6, 6.07) is 18.2. The minimum absolute atomic E-state index is 0.0780. The van der Waals surface area contributed by atoms with Crippen LogP contribution < -0.4 is 5.32 Å². The van der Waals surface area contributed by atoms with Gasteiger partial charge < -0.3 is 9.88 Å². The van der Waals surface area contributed by atoms with E-state index in [1.807, 2.05) is 55.8 Å². The number of nitrogens with one attached hydrogen (secondary N) is 1. The number of nitriles is 1. The Kier molecular flexibility index (Phi) is 6.80. The van der Waals surface area contributed by atoms with Crippen LogP contribution in [0.2, 0.25) is 0 Å². The molecule has 2 aromatic heterocycles. The van der Waals surface area contributed by atoms with Crippen LogP contribution in [0.25, 0.3) is 5.69 Å². The molecular weight excluding hydrogens is 451 g/mol. The second-order valence-corrected chi connectivity index (χ2v) is 8.76. The number of nitrogens with zero attached hydrogens (tertiary/aromatic N) is 5. The third kappa shape index (κ3) is 4.72. The number of hydrogen-bond donors (Lipinski definition) is 1. The van der Waals surface area contributed by atoms with E-state index in [9.17, 15) is 14.4 Å². The average Bonchev–Trinajstić information content (AvgIpc) is 3.29. The number of thioether (sulfide) groups is 1. The lowest BCUT2D eigenvalue weighted by Gasteiger charge is -2.13. The zero-order valence-electron chi connectivity index (χ0n) is 19.0. The summed E-state index contributed by atoms with van der Waals surface area (Å²) < 4.78 is 17.4. The second kappa shape index (κ2) is 9.93. The van der Waals surface area contributed by atoms with Gasteiger partial charge in [-0.05, 0) is 43.2 Å². The lowest BCUT2D eigenvalue weighted by molar-refractivity contribution is -0.113. The molecule has 7 nitrogen and oxygen atoms in total. The Morgan fingerprint density at radius 1 is 1.15 bits per heavy atom. The van der Waals surface area contributed by atoms with Crippen LogP contribution >= 0.6 is 11.8 Å². The maximum atomic E-state index is 13.9. The zero-order chi connectivity index (χ0) is 24.2. The average molecular weight is 475 g/mol. The number of rotatable bonds is 7. The van der Waals surface area contributed by atoms with Gasteiger partial charge in [0.15, 0.2) is 5.16 Å². The van der Waals surface area contributed by atoms with Gasteiger partial charge in [-0.15, -0.1) is 10.2 Å². The highest BCUT2D eigenvalue weighted by atomic mass is 32.2. The van der Waals surface area contributed by atoms with Crippen LogP contribution in [-0.2, 0) is 18.3 Å². The van der Waals surface area contributed by atoms with Crippen molar-refractivity contribution in [3.8, 4) is 11.8 Å². The number of amides is 1. The van der Waals surface area contributed by atoms with Crippen LogP contribution in [0.4, 0.5) is 10.2 Å². The van der Waals surface area contributed by atoms with Gasteiger partial charge in [0.1, 0.15) is 23.5 Å². The first-order valence-corrected chi connectivity index (χ1v) is 11.6. The van der Waals surface area contributed by atoms with E-state index in [4.69, 9.17) is 0 Å². The van der Waals surface area contributed by atoms with Gasteiger partial charge in [0.2, 0.25) is 5.91 Å². The number of anilines is 1. The van der Waals surface area contributed by atoms with Crippen LogP contribution in [0.3, 0.4) is 0 Å². The largest absolute Gasteiger partial charge is 0.310 e. The summed E-state index contributed by atoms with van der Waals surface area (Å²) in [5.41, 5.74) is 3.49. The van der Waals surface area contributed by atoms with Crippen molar-refractivity contribution in [3.63, 3.8) is 0 Å². The normalized spacial score (nSPS) is 10.8. The quantitative estimate of drug-likeness (QED) is 0.397. The molecule has 0 spiro atoms. The van der Waals surface area contributed by atoms with Gasteiger partial charge in [-0.25, -0.2) is 4.39 Å². The van der Waals surface area contributed by atoms with E-state index < -0.39 is 5.82 Å². The SMILES string of the molecule is Cc1c(C#N)c(NC(=O)CSc2nnc(Cc3ccccc3)n2C)n(-c2cccc(F)c2)c1C. The molecular formula is C25H23FN6OS. The second-order valence-electron chi connectivity index (χ2n) is 7.82. The molecule has 0 aliphatic rings. The molecule has 4 aromatic rings. The van der Waals surface area contributed by atoms with Gasteiger partial charge in [-0.2, -0.15) is 5.26 Å². The Morgan fingerprint density at radius 2 is 1.91 bits per heavy atom. The van der Waals surface area contributed by atoms with Gasteiger partial charge in [-0.1, -0.05) is 48.2 Å². The summed E-state index contributed by atoms with van der Waals surface area (Å²) >= 11 is 1.26. The molecule has 0 bridgehead atoms. The lowest BCUT2D eigenvalue weighted by Crippen LogP contribution is -2.18. The molecule has 2 aromatic carbocycles. The summed E-state index contributed by atoms with van der Waals surface area (Å²) in [6.45, 7) is 3.64. The van der Waals surface area contributed by atoms with Crippen molar-refractivity contribution in [2.45, 2.75) is 25.4 Å². The van der Waals surface area contributed by atoms with E-state index in [2.05, 4.69) is 21.6 Å². The molecule has 172 valence electrons. The predicted molar refractivity (Wildman–Crippen MR) is 130 cm³/mol. The molecule has 1 N–H and O–H groups in total. The Bertz CT molecular complexity index is 1390. The van der Waals surface area contributed by atoms with Crippen LogP contribution in [0, 0.1) is 31.0 Å². The highest BCUT2D eigenvalue weighted by Gasteiger charge is 2.21. The van der Waals surface area contributed by atoms with Crippen molar-refractivity contribution < 1.29 is 9.18 Å². The summed E-state index contributed by atoms with van der Waals surface area (Å²) in [4.78, 5) is 12.8. The third-order valence-electron chi connectivity index (χ3n) is 5.61. The van der Waals surface area contributed by atoms with Crippen molar-refractivity contribution in [2.24, 2.45) is 7.05 Å². The molecule has 4 rings (SSSR count). The minimum Gasteiger partial charge on any atom is -0.310 e. The van der Waals surface area contributed by atoms with E-state index in [0.29, 0.717) is 28.6 Å². The van der Waals surface area contributed by atoms with Crippen LogP contribution in [0.5, 0.6) is 0 Å². The van der Waals surface area contributed by atoms with Gasteiger partial charge in [0, 0.05) is 19.2 Å². The number of carbonyl (C=O) groups excluding carboxylic acids is 1. The van der Waals surface area contributed by atoms with Crippen LogP contribution in [0.15, 0.2) is 59.8 Å². The van der Waals surface area contributed by atoms with Crippen molar-refractivity contribution in [1.82, 2.24) is 19.3 Å². The van der Waals surface area contributed by atoms with Crippen molar-refractivity contribution in [3.05, 3.63) is 88.6 Å². The number of aromatic nitrogens is 4. The molecule has 2 heterocycles. The Hall–Kier alpha value is -3.90. The van der Waals surface area contributed by atoms with E-state index in [1.165, 1.54) is 23.9 Å². The summed E-state index contributed by atoms with van der Waals surface area (Å²) in [5, 5.41) is 21.6. The standard InChI is InChI=1S/C25H23FN6OS/c1-16-17(2)32(20-11-7-10-19(26)13-20)24(21(16)14-27)28-23(33)15-34-25-30-29-22(31(25)3)12-18-8-5-4-6-9-18/h4-11,13H,12,15H2,1-3H3,(H,28,33). The monoisotopic (exact) mass is 474 g/mol. The zero-order valence-corrected chi connectivity index (χ0v) is 19.9. The summed E-state index contributed by atoms with van der Waals surface area (Å²) in [7, 11) is 1.87. The molecule has 0 fully saturated rings. The smallest absolute Gasteiger partial charge is 0.236 e. The fraction of sp³-hybridized carbons (Fsp3) is 0.200. The predicted octanol–water partition coefficient (Wildman–Crippen LogP) is 4.56. The highest BCUT2D eigenvalue weighted by molar-refractivity contribution is 7.99. The Labute approximate surface area is 201 Å². The molecule has 0 aliphatic heterocycles. The van der Waals surface area contributed by atoms with E-state index in [-0.39, 0.29) is 11.7 Å². The minimum atomic E-state index is -0.400. The maximum Gasteiger partial charge on any atom is 0.236 e. The Balaban J connectivity index is 1.51. The van der Waals surface area contributed by atoms with E-state index >= 15 is 0 Å². The number of carbonyl (C=O) groups is 1. The first kappa shape index (κ1) is 23.3. The molecule has 0 saturated carbocycles. The van der Waals surface area contributed by atoms with Crippen LogP contribution in [-0.4, -0.2) is 31.0 Å². The fourth-order valence-electron chi connectivity index (χ4n) is 3.70. The van der Waals surface area contributed by atoms with E-state index in [1.54, 1.807) is 16.7 Å². The van der Waals surface area contributed by atoms with Gasteiger partial charge in [0.05, 0.1) is 17.0 Å². The highest BCUT2D eigenvalue weighted by Crippen LogP contribution is 2.30. The molecule has 0 radical (unpaired) electrons. The molecule has 34 heavy (non-hydrogen) atoms. The molecule has 0 aliphatic carbocycles. The summed E-state index contributed by atoms with van der Waals surface area (Å²) in [5.74, 6) is 0.505. The van der Waals surface area contributed by atoms with Crippen LogP contribution in [0.1, 0.15) is 28.2 Å². The van der Waals surface area contributed by atoms with Gasteiger partial charge in [-0.3, -0.25) is 9.36 Å². The number of hydrogen-bond acceptors (Lipinski definition) is 5. The first-order valence-electron chi connectivity index (χ1n) is 10.6. The topological polar surface area (TPSA) is 88.5 Å². The van der Waals surface area contributed by atoms with Crippen molar-refractivity contribution in [1.29, 1.82) is 5.26 Å². The van der Waals surface area contributed by atoms with Crippen molar-refractivity contribution in [2.75, 3.05) is 11.1 Å². The Morgan fingerprint density at radius 3 is 2.62 bits per heavy atom. The summed E-state index contributed by atoms with van der Waals surface area (Å²) in [6.07, 6.45) is 0.641. The van der Waals surface area contributed by atoms with Gasteiger partial charge >= 0.3 is 0 Å². The first-order chi connectivity index (χ1) is 16.4. The molecule has 0 saturated heterocycles. The molecule has 0 unspecified atom stereocenters. The van der Waals surface area contributed by atoms with Gasteiger partial charge in [0.25, 0.3) is 0 Å². The van der Waals surface area contributed by atoms with Crippen molar-refractivity contribution >= 4 is 23.5 Å². The number of benzene rings is 2. The molecule has 0 atom stereocenters. The third-order valence-corrected chi connectivity index (χ3v) is 6.63. The molecule has 1 amide bonds.